The Kier molecular flexibility index (Phi) is 7.06. The molecule has 2 aromatic heterocycles. The minimum Gasteiger partial charge on any atom is -0.497 e. The number of aromatic nitrogens is 2. The lowest BCUT2D eigenvalue weighted by Gasteiger charge is -2.14. The average molecular weight is 457 g/mol. The van der Waals surface area contributed by atoms with Crippen LogP contribution in [0.15, 0.2) is 30.6 Å². The van der Waals surface area contributed by atoms with Gasteiger partial charge >= 0.3 is 0 Å². The maximum atomic E-state index is 12.8. The summed E-state index contributed by atoms with van der Waals surface area (Å²) < 4.78 is 10.8. The van der Waals surface area contributed by atoms with Gasteiger partial charge in [-0.1, -0.05) is 18.9 Å². The Balaban J connectivity index is 1.37. The fourth-order valence-corrected chi connectivity index (χ4v) is 4.96. The van der Waals surface area contributed by atoms with Gasteiger partial charge in [-0.3, -0.25) is 4.79 Å². The molecule has 8 nitrogen and oxygen atoms in total. The van der Waals surface area contributed by atoms with Crippen LogP contribution in [-0.2, 0) is 0 Å². The van der Waals surface area contributed by atoms with E-state index < -0.39 is 6.10 Å². The first kappa shape index (κ1) is 22.3. The molecule has 3 N–H and O–H groups in total. The highest BCUT2D eigenvalue weighted by molar-refractivity contribution is 7.20. The third kappa shape index (κ3) is 5.11. The fraction of sp³-hybridized carbons (Fsp3) is 0.435. The molecule has 4 rings (SSSR count). The summed E-state index contributed by atoms with van der Waals surface area (Å²) in [6.45, 7) is 2.05. The van der Waals surface area contributed by atoms with Crippen molar-refractivity contribution in [3.05, 3.63) is 41.0 Å². The van der Waals surface area contributed by atoms with Crippen molar-refractivity contribution in [1.82, 2.24) is 15.3 Å². The zero-order valence-corrected chi connectivity index (χ0v) is 19.1. The van der Waals surface area contributed by atoms with Gasteiger partial charge in [0.1, 0.15) is 41.2 Å². The second kappa shape index (κ2) is 10.1. The molecule has 1 unspecified atom stereocenters. The zero-order chi connectivity index (χ0) is 22.5. The van der Waals surface area contributed by atoms with Gasteiger partial charge in [0, 0.05) is 18.7 Å². The predicted octanol–water partition coefficient (Wildman–Crippen LogP) is 3.53. The Morgan fingerprint density at radius 2 is 2.06 bits per heavy atom. The highest BCUT2D eigenvalue weighted by atomic mass is 32.1. The van der Waals surface area contributed by atoms with Crippen LogP contribution in [0.25, 0.3) is 10.2 Å². The van der Waals surface area contributed by atoms with Crippen LogP contribution in [0.4, 0.5) is 5.82 Å². The molecule has 1 aliphatic carbocycles. The van der Waals surface area contributed by atoms with Crippen molar-refractivity contribution in [3.63, 3.8) is 0 Å². The number of nitrogens with one attached hydrogen (secondary N) is 2. The van der Waals surface area contributed by atoms with E-state index in [9.17, 15) is 9.90 Å². The van der Waals surface area contributed by atoms with Crippen LogP contribution in [0.2, 0.25) is 0 Å². The van der Waals surface area contributed by atoms with Gasteiger partial charge < -0.3 is 25.2 Å². The van der Waals surface area contributed by atoms with Crippen LogP contribution in [0.5, 0.6) is 11.5 Å². The summed E-state index contributed by atoms with van der Waals surface area (Å²) in [5.74, 6) is 1.82. The van der Waals surface area contributed by atoms with Gasteiger partial charge in [0.05, 0.1) is 17.4 Å². The molecule has 0 spiro atoms. The Morgan fingerprint density at radius 3 is 2.84 bits per heavy atom. The predicted molar refractivity (Wildman–Crippen MR) is 125 cm³/mol. The quantitative estimate of drug-likeness (QED) is 0.452. The molecule has 1 fully saturated rings. The molecule has 1 saturated carbocycles. The summed E-state index contributed by atoms with van der Waals surface area (Å²) in [4.78, 5) is 23.0. The summed E-state index contributed by atoms with van der Waals surface area (Å²) in [6.07, 6.45) is 5.42. The Morgan fingerprint density at radius 1 is 1.28 bits per heavy atom. The van der Waals surface area contributed by atoms with E-state index in [1.807, 2.05) is 19.1 Å². The second-order valence-electron chi connectivity index (χ2n) is 7.94. The molecule has 3 aromatic rings. The van der Waals surface area contributed by atoms with E-state index in [1.165, 1.54) is 30.5 Å². The number of thiophene rings is 1. The van der Waals surface area contributed by atoms with Crippen molar-refractivity contribution in [1.29, 1.82) is 0 Å². The Hall–Kier alpha value is -2.91. The van der Waals surface area contributed by atoms with Gasteiger partial charge in [-0.05, 0) is 37.5 Å². The van der Waals surface area contributed by atoms with E-state index >= 15 is 0 Å². The monoisotopic (exact) mass is 456 g/mol. The lowest BCUT2D eigenvalue weighted by Crippen LogP contribution is -2.35. The van der Waals surface area contributed by atoms with Crippen LogP contribution in [-0.4, -0.2) is 53.4 Å². The summed E-state index contributed by atoms with van der Waals surface area (Å²) >= 11 is 1.34. The van der Waals surface area contributed by atoms with Gasteiger partial charge in [0.2, 0.25) is 0 Å². The summed E-state index contributed by atoms with van der Waals surface area (Å²) in [5, 5.41) is 17.5. The average Bonchev–Trinajstić information content (AvgIpc) is 3.44. The second-order valence-corrected chi connectivity index (χ2v) is 8.94. The van der Waals surface area contributed by atoms with E-state index in [1.54, 1.807) is 19.2 Å². The number of anilines is 1. The molecular formula is C23H28N4O4S. The number of nitrogens with zero attached hydrogens (tertiary/aromatic N) is 2. The number of aryl methyl sites for hydroxylation is 1. The smallest absolute Gasteiger partial charge is 0.261 e. The summed E-state index contributed by atoms with van der Waals surface area (Å²) in [6, 6.07) is 7.57. The largest absolute Gasteiger partial charge is 0.497 e. The first-order valence-corrected chi connectivity index (χ1v) is 11.6. The number of ether oxygens (including phenoxy) is 2. The van der Waals surface area contributed by atoms with Crippen LogP contribution in [0.1, 0.15) is 40.9 Å². The highest BCUT2D eigenvalue weighted by Gasteiger charge is 2.22. The highest BCUT2D eigenvalue weighted by Crippen LogP contribution is 2.34. The standard InChI is InChI=1S/C23H28N4O4S/c1-14-19-21(27-15-6-3-4-7-15)25-13-26-23(19)32-20(14)22(29)24-11-16(28)12-31-18-9-5-8-17(10-18)30-2/h5,8-10,13,15-16,28H,3-4,6-7,11-12H2,1-2H3,(H,24,29)(H,25,26,27). The molecular weight excluding hydrogens is 428 g/mol. The minimum atomic E-state index is -0.848. The molecule has 0 radical (unpaired) electrons. The first-order valence-electron chi connectivity index (χ1n) is 10.8. The molecule has 32 heavy (non-hydrogen) atoms. The van der Waals surface area contributed by atoms with E-state index in [4.69, 9.17) is 9.47 Å². The molecule has 0 aliphatic heterocycles. The van der Waals surface area contributed by atoms with Crippen molar-refractivity contribution >= 4 is 33.3 Å². The van der Waals surface area contributed by atoms with Crippen LogP contribution in [0.3, 0.4) is 0 Å². The third-order valence-corrected chi connectivity index (χ3v) is 6.81. The number of aliphatic hydroxyl groups excluding tert-OH is 1. The van der Waals surface area contributed by atoms with Crippen LogP contribution in [0, 0.1) is 6.92 Å². The van der Waals surface area contributed by atoms with Gasteiger partial charge in [0.15, 0.2) is 0 Å². The number of rotatable bonds is 9. The van der Waals surface area contributed by atoms with Gasteiger partial charge in [-0.25, -0.2) is 9.97 Å². The Labute approximate surface area is 191 Å². The number of benzene rings is 1. The molecule has 1 atom stereocenters. The lowest BCUT2D eigenvalue weighted by molar-refractivity contribution is 0.0846. The van der Waals surface area contributed by atoms with Crippen molar-refractivity contribution in [2.45, 2.75) is 44.8 Å². The van der Waals surface area contributed by atoms with E-state index in [-0.39, 0.29) is 19.1 Å². The number of fused-ring (bicyclic) bond motifs is 1. The van der Waals surface area contributed by atoms with Crippen molar-refractivity contribution in [3.8, 4) is 11.5 Å². The molecule has 1 aliphatic rings. The third-order valence-electron chi connectivity index (χ3n) is 5.61. The molecule has 1 amide bonds. The van der Waals surface area contributed by atoms with Crippen LogP contribution < -0.4 is 20.1 Å². The SMILES string of the molecule is COc1cccc(OCC(O)CNC(=O)c2sc3ncnc(NC4CCCC4)c3c2C)c1. The number of amides is 1. The van der Waals surface area contributed by atoms with Crippen molar-refractivity contribution in [2.24, 2.45) is 0 Å². The van der Waals surface area contributed by atoms with Gasteiger partial charge in [-0.2, -0.15) is 0 Å². The summed E-state index contributed by atoms with van der Waals surface area (Å²) in [7, 11) is 1.58. The molecule has 9 heteroatoms. The number of methoxy groups -OCH3 is 1. The normalized spacial score (nSPS) is 15.0. The molecule has 1 aromatic carbocycles. The lowest BCUT2D eigenvalue weighted by atomic mass is 10.1. The molecule has 0 saturated heterocycles. The maximum absolute atomic E-state index is 12.8. The fourth-order valence-electron chi connectivity index (χ4n) is 3.89. The van der Waals surface area contributed by atoms with E-state index in [2.05, 4.69) is 20.6 Å². The number of hydrogen-bond acceptors (Lipinski definition) is 8. The topological polar surface area (TPSA) is 106 Å². The molecule has 170 valence electrons. The van der Waals surface area contributed by atoms with Crippen molar-refractivity contribution < 1.29 is 19.4 Å². The number of carbonyl (C=O) groups is 1. The van der Waals surface area contributed by atoms with Gasteiger partial charge in [-0.15, -0.1) is 11.3 Å². The zero-order valence-electron chi connectivity index (χ0n) is 18.3. The van der Waals surface area contributed by atoms with E-state index in [0.717, 1.165) is 34.4 Å². The van der Waals surface area contributed by atoms with Crippen LogP contribution >= 0.6 is 11.3 Å². The molecule has 2 heterocycles. The maximum Gasteiger partial charge on any atom is 0.261 e. The first-order chi connectivity index (χ1) is 15.5. The summed E-state index contributed by atoms with van der Waals surface area (Å²) in [5.41, 5.74) is 0.853. The number of carbonyl (C=O) groups excluding carboxylic acids is 1. The number of hydrogen-bond donors (Lipinski definition) is 3. The Bertz CT molecular complexity index is 1080. The van der Waals surface area contributed by atoms with Crippen molar-refractivity contribution in [2.75, 3.05) is 25.6 Å². The van der Waals surface area contributed by atoms with E-state index in [0.29, 0.717) is 22.4 Å². The minimum absolute atomic E-state index is 0.0553. The number of aliphatic hydroxyl groups is 1. The molecule has 0 bridgehead atoms. The van der Waals surface area contributed by atoms with Gasteiger partial charge in [0.25, 0.3) is 5.91 Å².